The molecular formula is C10H16N2O4. The van der Waals surface area contributed by atoms with Gasteiger partial charge >= 0.3 is 5.97 Å². The van der Waals surface area contributed by atoms with E-state index in [1.165, 1.54) is 0 Å². The Morgan fingerprint density at radius 1 is 1.38 bits per heavy atom. The Morgan fingerprint density at radius 3 is 2.69 bits per heavy atom. The fourth-order valence-corrected chi connectivity index (χ4v) is 1.17. The maximum atomic E-state index is 10.3. The van der Waals surface area contributed by atoms with Gasteiger partial charge in [-0.25, -0.2) is 0 Å². The van der Waals surface area contributed by atoms with E-state index in [9.17, 15) is 4.79 Å². The number of aromatic nitrogens is 2. The van der Waals surface area contributed by atoms with Crippen molar-refractivity contribution in [2.24, 2.45) is 0 Å². The molecule has 0 aliphatic carbocycles. The lowest BCUT2D eigenvalue weighted by Crippen LogP contribution is -1.97. The molecule has 1 aromatic heterocycles. The summed E-state index contributed by atoms with van der Waals surface area (Å²) in [5.41, 5.74) is 0. The Kier molecular flexibility index (Phi) is 5.49. The van der Waals surface area contributed by atoms with Crippen LogP contribution < -0.4 is 0 Å². The van der Waals surface area contributed by atoms with Crippen LogP contribution in [0.4, 0.5) is 0 Å². The Labute approximate surface area is 93.6 Å². The van der Waals surface area contributed by atoms with E-state index in [2.05, 4.69) is 10.2 Å². The van der Waals surface area contributed by atoms with Crippen molar-refractivity contribution >= 4 is 5.97 Å². The molecular weight excluding hydrogens is 212 g/mol. The summed E-state index contributed by atoms with van der Waals surface area (Å²) in [5, 5.41) is 16.1. The minimum absolute atomic E-state index is 0.0145. The Balaban J connectivity index is 2.25. The van der Waals surface area contributed by atoms with Crippen LogP contribution in [-0.2, 0) is 22.4 Å². The second-order valence-corrected chi connectivity index (χ2v) is 3.28. The van der Waals surface area contributed by atoms with E-state index in [4.69, 9.17) is 14.3 Å². The highest BCUT2D eigenvalue weighted by Gasteiger charge is 2.07. The van der Waals surface area contributed by atoms with Gasteiger partial charge in [-0.1, -0.05) is 0 Å². The molecule has 0 aromatic carbocycles. The molecule has 0 spiro atoms. The SMILES string of the molecule is CCOCCCc1nnc(CCC(=O)O)o1. The zero-order chi connectivity index (χ0) is 11.8. The summed E-state index contributed by atoms with van der Waals surface area (Å²) in [6.07, 6.45) is 1.79. The Morgan fingerprint density at radius 2 is 2.06 bits per heavy atom. The number of hydrogen-bond acceptors (Lipinski definition) is 5. The van der Waals surface area contributed by atoms with E-state index >= 15 is 0 Å². The molecule has 1 heterocycles. The molecule has 0 fully saturated rings. The zero-order valence-electron chi connectivity index (χ0n) is 9.31. The predicted molar refractivity (Wildman–Crippen MR) is 55.1 cm³/mol. The lowest BCUT2D eigenvalue weighted by molar-refractivity contribution is -0.137. The lowest BCUT2D eigenvalue weighted by atomic mass is 10.3. The first-order valence-corrected chi connectivity index (χ1v) is 5.33. The molecule has 0 bridgehead atoms. The fraction of sp³-hybridized carbons (Fsp3) is 0.700. The highest BCUT2D eigenvalue weighted by atomic mass is 16.5. The summed E-state index contributed by atoms with van der Waals surface area (Å²) in [6.45, 7) is 3.31. The molecule has 0 saturated heterocycles. The van der Waals surface area contributed by atoms with Crippen molar-refractivity contribution in [1.29, 1.82) is 0 Å². The molecule has 0 aliphatic heterocycles. The first kappa shape index (κ1) is 12.6. The minimum Gasteiger partial charge on any atom is -0.481 e. The third-order valence-electron chi connectivity index (χ3n) is 1.94. The molecule has 16 heavy (non-hydrogen) atoms. The number of carboxylic acid groups (broad SMARTS) is 1. The van der Waals surface area contributed by atoms with E-state index in [0.717, 1.165) is 6.42 Å². The van der Waals surface area contributed by atoms with Gasteiger partial charge in [0.15, 0.2) is 0 Å². The van der Waals surface area contributed by atoms with Crippen molar-refractivity contribution in [2.45, 2.75) is 32.6 Å². The molecule has 1 aromatic rings. The maximum absolute atomic E-state index is 10.3. The summed E-state index contributed by atoms with van der Waals surface area (Å²) in [4.78, 5) is 10.3. The summed E-state index contributed by atoms with van der Waals surface area (Å²) in [7, 11) is 0. The fourth-order valence-electron chi connectivity index (χ4n) is 1.17. The molecule has 0 radical (unpaired) electrons. The van der Waals surface area contributed by atoms with Gasteiger partial charge in [-0.2, -0.15) is 0 Å². The number of aliphatic carboxylic acids is 1. The molecule has 1 N–H and O–H groups in total. The van der Waals surface area contributed by atoms with Gasteiger partial charge in [-0.3, -0.25) is 4.79 Å². The Bertz CT molecular complexity index is 324. The van der Waals surface area contributed by atoms with Crippen LogP contribution >= 0.6 is 0 Å². The largest absolute Gasteiger partial charge is 0.481 e. The number of ether oxygens (including phenoxy) is 1. The van der Waals surface area contributed by atoms with Crippen LogP contribution in [0.1, 0.15) is 31.5 Å². The number of rotatable bonds is 8. The van der Waals surface area contributed by atoms with E-state index < -0.39 is 5.97 Å². The van der Waals surface area contributed by atoms with Crippen LogP contribution in [0.5, 0.6) is 0 Å². The number of nitrogens with zero attached hydrogens (tertiary/aromatic N) is 2. The third kappa shape index (κ3) is 4.88. The number of aryl methyl sites for hydroxylation is 2. The van der Waals surface area contributed by atoms with Crippen molar-refractivity contribution in [3.8, 4) is 0 Å². The highest BCUT2D eigenvalue weighted by molar-refractivity contribution is 5.66. The lowest BCUT2D eigenvalue weighted by Gasteiger charge is -1.97. The summed E-state index contributed by atoms with van der Waals surface area (Å²) in [6, 6.07) is 0. The van der Waals surface area contributed by atoms with Gasteiger partial charge in [0, 0.05) is 26.1 Å². The van der Waals surface area contributed by atoms with E-state index in [0.29, 0.717) is 31.4 Å². The second kappa shape index (κ2) is 6.95. The zero-order valence-corrected chi connectivity index (χ0v) is 9.31. The maximum Gasteiger partial charge on any atom is 0.303 e. The first-order chi connectivity index (χ1) is 7.72. The molecule has 0 aliphatic rings. The van der Waals surface area contributed by atoms with Gasteiger partial charge in [0.1, 0.15) is 0 Å². The van der Waals surface area contributed by atoms with Crippen LogP contribution in [0.3, 0.4) is 0 Å². The monoisotopic (exact) mass is 228 g/mol. The van der Waals surface area contributed by atoms with Crippen molar-refractivity contribution in [2.75, 3.05) is 13.2 Å². The minimum atomic E-state index is -0.865. The molecule has 1 rings (SSSR count). The first-order valence-electron chi connectivity index (χ1n) is 5.33. The van der Waals surface area contributed by atoms with E-state index in [1.807, 2.05) is 6.92 Å². The van der Waals surface area contributed by atoms with Crippen molar-refractivity contribution in [1.82, 2.24) is 10.2 Å². The van der Waals surface area contributed by atoms with Gasteiger partial charge in [0.2, 0.25) is 11.8 Å². The number of carbonyl (C=O) groups is 1. The second-order valence-electron chi connectivity index (χ2n) is 3.28. The van der Waals surface area contributed by atoms with Gasteiger partial charge in [0.05, 0.1) is 6.42 Å². The highest BCUT2D eigenvalue weighted by Crippen LogP contribution is 2.05. The van der Waals surface area contributed by atoms with Crippen LogP contribution in [0.25, 0.3) is 0 Å². The summed E-state index contributed by atoms with van der Waals surface area (Å²) < 4.78 is 10.4. The molecule has 6 heteroatoms. The standard InChI is InChI=1S/C10H16N2O4/c1-2-15-7-3-4-8-11-12-9(16-8)5-6-10(13)14/h2-7H2,1H3,(H,13,14). The number of carboxylic acids is 1. The van der Waals surface area contributed by atoms with Gasteiger partial charge in [-0.05, 0) is 13.3 Å². The van der Waals surface area contributed by atoms with Crippen LogP contribution in [0.2, 0.25) is 0 Å². The van der Waals surface area contributed by atoms with Gasteiger partial charge in [0.25, 0.3) is 0 Å². The normalized spacial score (nSPS) is 10.6. The molecule has 6 nitrogen and oxygen atoms in total. The topological polar surface area (TPSA) is 85.5 Å². The molecule has 0 amide bonds. The predicted octanol–water partition coefficient (Wildman–Crippen LogP) is 1.06. The van der Waals surface area contributed by atoms with Crippen LogP contribution in [0, 0.1) is 0 Å². The average Bonchev–Trinajstić information content (AvgIpc) is 2.70. The Hall–Kier alpha value is -1.43. The third-order valence-corrected chi connectivity index (χ3v) is 1.94. The molecule has 0 atom stereocenters. The van der Waals surface area contributed by atoms with Gasteiger partial charge in [-0.15, -0.1) is 10.2 Å². The van der Waals surface area contributed by atoms with Crippen molar-refractivity contribution in [3.05, 3.63) is 11.8 Å². The average molecular weight is 228 g/mol. The quantitative estimate of drug-likeness (QED) is 0.669. The molecule has 0 saturated carbocycles. The van der Waals surface area contributed by atoms with Crippen LogP contribution in [0.15, 0.2) is 4.42 Å². The van der Waals surface area contributed by atoms with Crippen molar-refractivity contribution in [3.63, 3.8) is 0 Å². The van der Waals surface area contributed by atoms with E-state index in [-0.39, 0.29) is 12.8 Å². The smallest absolute Gasteiger partial charge is 0.303 e. The number of hydrogen-bond donors (Lipinski definition) is 1. The van der Waals surface area contributed by atoms with Crippen LogP contribution in [-0.4, -0.2) is 34.5 Å². The van der Waals surface area contributed by atoms with E-state index in [1.54, 1.807) is 0 Å². The summed E-state index contributed by atoms with van der Waals surface area (Å²) in [5.74, 6) is 0.0602. The van der Waals surface area contributed by atoms with Crippen molar-refractivity contribution < 1.29 is 19.1 Å². The molecule has 0 unspecified atom stereocenters. The summed E-state index contributed by atoms with van der Waals surface area (Å²) >= 11 is 0. The molecule has 90 valence electrons. The van der Waals surface area contributed by atoms with Gasteiger partial charge < -0.3 is 14.3 Å².